The Morgan fingerprint density at radius 1 is 0.571 bits per heavy atom. The molecule has 1 heteroatoms. The molecule has 0 radical (unpaired) electrons. The molecule has 0 N–H and O–H groups in total. The summed E-state index contributed by atoms with van der Waals surface area (Å²) in [4.78, 5) is 0. The van der Waals surface area contributed by atoms with Gasteiger partial charge in [-0.05, 0) is 94.7 Å². The van der Waals surface area contributed by atoms with E-state index in [0.717, 1.165) is 0 Å². The van der Waals surface area contributed by atoms with E-state index in [4.69, 9.17) is 11.2 Å². The molecule has 1 fully saturated rings. The van der Waals surface area contributed by atoms with Crippen molar-refractivity contribution in [2.45, 2.75) is 6.10 Å². The molecule has 21 heavy (non-hydrogen) atoms. The summed E-state index contributed by atoms with van der Waals surface area (Å²) in [6.07, 6.45) is 4.95. The molecule has 0 amide bonds. The lowest BCUT2D eigenvalue weighted by Crippen LogP contribution is -1.71. The summed E-state index contributed by atoms with van der Waals surface area (Å²) >= 11 is 0. The standard InChI is InChI=1S/C20H4O/c1-2-3-4-5-6-7-8-9-10-11-12-13-14-15-16-17-18-20-19-21-20/h1,20H,19H2. The molecule has 1 nitrogen and oxygen atoms in total. The van der Waals surface area contributed by atoms with Crippen molar-refractivity contribution in [1.82, 2.24) is 0 Å². The van der Waals surface area contributed by atoms with E-state index in [9.17, 15) is 0 Å². The van der Waals surface area contributed by atoms with Gasteiger partial charge < -0.3 is 4.74 Å². The Balaban J connectivity index is 2.35. The summed E-state index contributed by atoms with van der Waals surface area (Å²) in [6, 6.07) is 0. The molecule has 1 atom stereocenters. The molecule has 1 saturated heterocycles. The predicted molar refractivity (Wildman–Crippen MR) is 80.8 cm³/mol. The van der Waals surface area contributed by atoms with Crippen molar-refractivity contribution in [2.24, 2.45) is 0 Å². The first kappa shape index (κ1) is 15.1. The quantitative estimate of drug-likeness (QED) is 0.443. The second-order valence-corrected chi connectivity index (χ2v) is 2.99. The Morgan fingerprint density at radius 3 is 1.24 bits per heavy atom. The van der Waals surface area contributed by atoms with Crippen LogP contribution in [-0.4, -0.2) is 12.7 Å². The van der Waals surface area contributed by atoms with Gasteiger partial charge in [0.05, 0.1) is 6.61 Å². The molecule has 1 rings (SSSR count). The molecule has 0 aromatic heterocycles. The van der Waals surface area contributed by atoms with E-state index >= 15 is 0 Å². The molecular weight excluding hydrogens is 256 g/mol. The highest BCUT2D eigenvalue weighted by Gasteiger charge is 2.18. The van der Waals surface area contributed by atoms with E-state index in [1.54, 1.807) is 0 Å². The van der Waals surface area contributed by atoms with Gasteiger partial charge in [0.2, 0.25) is 0 Å². The van der Waals surface area contributed by atoms with Gasteiger partial charge in [0.25, 0.3) is 0 Å². The van der Waals surface area contributed by atoms with Crippen LogP contribution in [0.25, 0.3) is 0 Å². The Bertz CT molecular complexity index is 936. The number of rotatable bonds is 0. The molecule has 1 aliphatic heterocycles. The molecule has 0 aromatic carbocycles. The van der Waals surface area contributed by atoms with E-state index in [1.807, 2.05) is 0 Å². The van der Waals surface area contributed by atoms with Crippen LogP contribution >= 0.6 is 0 Å². The number of hydrogen-bond donors (Lipinski definition) is 0. The van der Waals surface area contributed by atoms with Crippen LogP contribution in [0.1, 0.15) is 0 Å². The van der Waals surface area contributed by atoms with Gasteiger partial charge in [0, 0.05) is 0 Å². The molecule has 0 spiro atoms. The van der Waals surface area contributed by atoms with Gasteiger partial charge >= 0.3 is 0 Å². The minimum absolute atomic E-state index is 0.0532. The molecule has 0 aliphatic carbocycles. The SMILES string of the molecule is C#CC#CC#CC#CC#CC#CC#CC#CC#CC1CO1. The summed E-state index contributed by atoms with van der Waals surface area (Å²) < 4.78 is 4.88. The zero-order valence-corrected chi connectivity index (χ0v) is 10.8. The molecule has 1 aliphatic rings. The van der Waals surface area contributed by atoms with Gasteiger partial charge in [0.1, 0.15) is 6.10 Å². The van der Waals surface area contributed by atoms with Gasteiger partial charge in [-0.15, -0.1) is 6.42 Å². The normalized spacial score (nSPS) is 10.7. The van der Waals surface area contributed by atoms with Crippen molar-refractivity contribution in [3.8, 4) is 107 Å². The van der Waals surface area contributed by atoms with Crippen molar-refractivity contribution in [3.05, 3.63) is 0 Å². The van der Waals surface area contributed by atoms with Crippen LogP contribution in [0.5, 0.6) is 0 Å². The Labute approximate surface area is 125 Å². The minimum Gasteiger partial charge on any atom is -0.359 e. The van der Waals surface area contributed by atoms with Crippen molar-refractivity contribution in [2.75, 3.05) is 6.61 Å². The van der Waals surface area contributed by atoms with Crippen molar-refractivity contribution in [3.63, 3.8) is 0 Å². The van der Waals surface area contributed by atoms with E-state index < -0.39 is 0 Å². The maximum Gasteiger partial charge on any atom is 0.142 e. The fraction of sp³-hybridized carbons (Fsp3) is 0.100. The summed E-state index contributed by atoms with van der Waals surface area (Å²) in [5.41, 5.74) is 0. The Hall–Kier alpha value is -4.00. The van der Waals surface area contributed by atoms with Gasteiger partial charge in [-0.1, -0.05) is 5.92 Å². The molecule has 1 heterocycles. The van der Waals surface area contributed by atoms with Crippen LogP contribution in [0.15, 0.2) is 0 Å². The summed E-state index contributed by atoms with van der Waals surface area (Å²) in [6.45, 7) is 0.692. The third-order valence-electron chi connectivity index (χ3n) is 1.51. The maximum absolute atomic E-state index is 4.90. The Kier molecular flexibility index (Phi) is 7.97. The summed E-state index contributed by atoms with van der Waals surface area (Å²) in [5.74, 6) is 42.3. The molecule has 0 bridgehead atoms. The molecule has 0 saturated carbocycles. The lowest BCUT2D eigenvalue weighted by atomic mass is 10.4. The highest BCUT2D eigenvalue weighted by Crippen LogP contribution is 2.04. The van der Waals surface area contributed by atoms with Crippen molar-refractivity contribution >= 4 is 0 Å². The highest BCUT2D eigenvalue weighted by atomic mass is 16.6. The average molecular weight is 260 g/mol. The predicted octanol–water partition coefficient (Wildman–Crippen LogP) is 0.0456. The van der Waals surface area contributed by atoms with Crippen LogP contribution in [0, 0.1) is 107 Å². The van der Waals surface area contributed by atoms with E-state index in [2.05, 4.69) is 101 Å². The monoisotopic (exact) mass is 260 g/mol. The summed E-state index contributed by atoms with van der Waals surface area (Å²) in [5, 5.41) is 0. The molecular formula is C20H4O. The number of terminal acetylenes is 1. The summed E-state index contributed by atoms with van der Waals surface area (Å²) in [7, 11) is 0. The zero-order chi connectivity index (χ0) is 15.0. The molecule has 90 valence electrons. The topological polar surface area (TPSA) is 12.5 Å². The molecule has 0 aromatic rings. The number of ether oxygens (including phenoxy) is 1. The van der Waals surface area contributed by atoms with Gasteiger partial charge in [0.15, 0.2) is 0 Å². The van der Waals surface area contributed by atoms with Gasteiger partial charge in [-0.3, -0.25) is 0 Å². The zero-order valence-electron chi connectivity index (χ0n) is 10.8. The maximum atomic E-state index is 4.90. The highest BCUT2D eigenvalue weighted by molar-refractivity contribution is 5.46. The van der Waals surface area contributed by atoms with Crippen molar-refractivity contribution in [1.29, 1.82) is 0 Å². The van der Waals surface area contributed by atoms with Crippen LogP contribution in [0.2, 0.25) is 0 Å². The lowest BCUT2D eigenvalue weighted by molar-refractivity contribution is 0.445. The third kappa shape index (κ3) is 10.9. The Morgan fingerprint density at radius 2 is 0.905 bits per heavy atom. The first-order valence-electron chi connectivity index (χ1n) is 5.51. The largest absolute Gasteiger partial charge is 0.359 e. The van der Waals surface area contributed by atoms with Crippen LogP contribution < -0.4 is 0 Å². The second kappa shape index (κ2) is 11.1. The fourth-order valence-corrected chi connectivity index (χ4v) is 0.690. The lowest BCUT2D eigenvalue weighted by Gasteiger charge is -1.61. The smallest absolute Gasteiger partial charge is 0.142 e. The van der Waals surface area contributed by atoms with Crippen LogP contribution in [0.3, 0.4) is 0 Å². The van der Waals surface area contributed by atoms with Gasteiger partial charge in [-0.25, -0.2) is 0 Å². The second-order valence-electron chi connectivity index (χ2n) is 2.99. The third-order valence-corrected chi connectivity index (χ3v) is 1.51. The fourth-order valence-electron chi connectivity index (χ4n) is 0.690. The van der Waals surface area contributed by atoms with E-state index in [1.165, 1.54) is 0 Å². The van der Waals surface area contributed by atoms with Crippen molar-refractivity contribution < 1.29 is 4.74 Å². The first-order chi connectivity index (χ1) is 10.4. The van der Waals surface area contributed by atoms with E-state index in [0.29, 0.717) is 6.61 Å². The van der Waals surface area contributed by atoms with Gasteiger partial charge in [-0.2, -0.15) is 0 Å². The number of hydrogen-bond acceptors (Lipinski definition) is 1. The minimum atomic E-state index is 0.0532. The van der Waals surface area contributed by atoms with Crippen LogP contribution in [-0.2, 0) is 4.74 Å². The molecule has 1 unspecified atom stereocenters. The number of epoxide rings is 1. The van der Waals surface area contributed by atoms with E-state index in [-0.39, 0.29) is 6.10 Å². The average Bonchev–Trinajstić information content (AvgIpc) is 3.31. The first-order valence-corrected chi connectivity index (χ1v) is 5.51. The van der Waals surface area contributed by atoms with Crippen LogP contribution in [0.4, 0.5) is 0 Å².